The molecule has 104 valence electrons. The van der Waals surface area contributed by atoms with Gasteiger partial charge in [0.25, 0.3) is 5.91 Å². The summed E-state index contributed by atoms with van der Waals surface area (Å²) in [5, 5.41) is 13.8. The lowest BCUT2D eigenvalue weighted by atomic mass is 10.1. The number of amides is 1. The van der Waals surface area contributed by atoms with Gasteiger partial charge in [-0.2, -0.15) is 0 Å². The van der Waals surface area contributed by atoms with Crippen LogP contribution in [0, 0.1) is 6.92 Å². The topological polar surface area (TPSA) is 66.4 Å². The third kappa shape index (κ3) is 2.72. The van der Waals surface area contributed by atoms with Gasteiger partial charge in [0.15, 0.2) is 0 Å². The third-order valence-corrected chi connectivity index (χ3v) is 4.02. The van der Waals surface area contributed by atoms with Crippen LogP contribution >= 0.6 is 11.3 Å². The van der Waals surface area contributed by atoms with Crippen molar-refractivity contribution in [1.82, 2.24) is 0 Å². The molecule has 4 nitrogen and oxygen atoms in total. The summed E-state index contributed by atoms with van der Waals surface area (Å²) in [6.45, 7) is 3.69. The number of aromatic carboxylic acids is 1. The Kier molecular flexibility index (Phi) is 4.20. The Morgan fingerprint density at radius 2 is 2.05 bits per heavy atom. The molecule has 0 saturated carbocycles. The highest BCUT2D eigenvalue weighted by Gasteiger charge is 2.17. The van der Waals surface area contributed by atoms with Gasteiger partial charge in [0.05, 0.1) is 16.1 Å². The summed E-state index contributed by atoms with van der Waals surface area (Å²) in [6, 6.07) is 6.95. The van der Waals surface area contributed by atoms with E-state index < -0.39 is 5.97 Å². The van der Waals surface area contributed by atoms with E-state index in [-0.39, 0.29) is 11.5 Å². The van der Waals surface area contributed by atoms with Crippen LogP contribution in [0.1, 0.15) is 38.1 Å². The number of carbonyl (C=O) groups excluding carboxylic acids is 1. The van der Waals surface area contributed by atoms with Crippen LogP contribution < -0.4 is 5.32 Å². The third-order valence-electron chi connectivity index (χ3n) is 3.07. The van der Waals surface area contributed by atoms with Crippen molar-refractivity contribution in [3.63, 3.8) is 0 Å². The number of hydrogen-bond acceptors (Lipinski definition) is 3. The number of nitrogens with one attached hydrogen (secondary N) is 1. The maximum Gasteiger partial charge on any atom is 0.338 e. The molecule has 20 heavy (non-hydrogen) atoms. The van der Waals surface area contributed by atoms with Crippen LogP contribution in [0.25, 0.3) is 0 Å². The van der Waals surface area contributed by atoms with Crippen LogP contribution in [0.5, 0.6) is 0 Å². The van der Waals surface area contributed by atoms with Gasteiger partial charge in [0.2, 0.25) is 0 Å². The number of thiophene rings is 1. The summed E-state index contributed by atoms with van der Waals surface area (Å²) in [5.41, 5.74) is 2.06. The molecular weight excluding hydrogens is 274 g/mol. The molecule has 0 saturated heterocycles. The Hall–Kier alpha value is -2.14. The van der Waals surface area contributed by atoms with Gasteiger partial charge in [-0.15, -0.1) is 11.3 Å². The SMILES string of the molecule is CCc1ccsc1C(=O)Nc1cccc(C)c1C(=O)O. The highest BCUT2D eigenvalue weighted by molar-refractivity contribution is 7.12. The summed E-state index contributed by atoms with van der Waals surface area (Å²) < 4.78 is 0. The number of rotatable bonds is 4. The van der Waals surface area contributed by atoms with Gasteiger partial charge in [-0.1, -0.05) is 19.1 Å². The quantitative estimate of drug-likeness (QED) is 0.904. The van der Waals surface area contributed by atoms with E-state index in [9.17, 15) is 14.7 Å². The van der Waals surface area contributed by atoms with Crippen molar-refractivity contribution < 1.29 is 14.7 Å². The van der Waals surface area contributed by atoms with Crippen molar-refractivity contribution in [1.29, 1.82) is 0 Å². The molecule has 0 unspecified atom stereocenters. The lowest BCUT2D eigenvalue weighted by Crippen LogP contribution is -2.15. The number of anilines is 1. The minimum Gasteiger partial charge on any atom is -0.478 e. The number of benzene rings is 1. The molecule has 0 radical (unpaired) electrons. The molecule has 0 fully saturated rings. The highest BCUT2D eigenvalue weighted by atomic mass is 32.1. The fourth-order valence-corrected chi connectivity index (χ4v) is 2.94. The minimum atomic E-state index is -1.04. The van der Waals surface area contributed by atoms with Gasteiger partial charge >= 0.3 is 5.97 Å². The first-order chi connectivity index (χ1) is 9.54. The predicted octanol–water partition coefficient (Wildman–Crippen LogP) is 3.57. The molecule has 1 heterocycles. The van der Waals surface area contributed by atoms with Crippen LogP contribution in [0.15, 0.2) is 29.6 Å². The smallest absolute Gasteiger partial charge is 0.338 e. The van der Waals surface area contributed by atoms with Gasteiger partial charge in [0, 0.05) is 0 Å². The van der Waals surface area contributed by atoms with Crippen molar-refractivity contribution in [3.8, 4) is 0 Å². The molecule has 2 rings (SSSR count). The number of aryl methyl sites for hydroxylation is 2. The Morgan fingerprint density at radius 3 is 2.70 bits per heavy atom. The summed E-state index contributed by atoms with van der Waals surface area (Å²) in [7, 11) is 0. The summed E-state index contributed by atoms with van der Waals surface area (Å²) in [6.07, 6.45) is 0.770. The van der Waals surface area contributed by atoms with E-state index in [1.807, 2.05) is 18.4 Å². The average molecular weight is 289 g/mol. The molecule has 1 aromatic heterocycles. The molecular formula is C15H15NO3S. The predicted molar refractivity (Wildman–Crippen MR) is 79.8 cm³/mol. The van der Waals surface area contributed by atoms with Crippen molar-refractivity contribution in [2.24, 2.45) is 0 Å². The normalized spacial score (nSPS) is 10.3. The Morgan fingerprint density at radius 1 is 1.30 bits per heavy atom. The first-order valence-corrected chi connectivity index (χ1v) is 7.13. The van der Waals surface area contributed by atoms with Crippen LogP contribution in [0.3, 0.4) is 0 Å². The van der Waals surface area contributed by atoms with Crippen LogP contribution in [0.2, 0.25) is 0 Å². The lowest BCUT2D eigenvalue weighted by Gasteiger charge is -2.10. The Bertz CT molecular complexity index is 661. The highest BCUT2D eigenvalue weighted by Crippen LogP contribution is 2.23. The van der Waals surface area contributed by atoms with Crippen molar-refractivity contribution in [2.45, 2.75) is 20.3 Å². The van der Waals surface area contributed by atoms with E-state index in [1.54, 1.807) is 25.1 Å². The zero-order chi connectivity index (χ0) is 14.7. The average Bonchev–Trinajstić information content (AvgIpc) is 2.86. The summed E-state index contributed by atoms with van der Waals surface area (Å²) in [4.78, 5) is 24.2. The van der Waals surface area contributed by atoms with Gasteiger partial charge in [0.1, 0.15) is 0 Å². The molecule has 0 aliphatic heterocycles. The molecule has 0 spiro atoms. The first-order valence-electron chi connectivity index (χ1n) is 6.25. The molecule has 5 heteroatoms. The maximum atomic E-state index is 12.2. The molecule has 0 bridgehead atoms. The summed E-state index contributed by atoms with van der Waals surface area (Å²) in [5.74, 6) is -1.30. The molecule has 0 aliphatic carbocycles. The molecule has 0 aliphatic rings. The fraction of sp³-hybridized carbons (Fsp3) is 0.200. The molecule has 2 aromatic rings. The number of carbonyl (C=O) groups is 2. The van der Waals surface area contributed by atoms with Crippen LogP contribution in [-0.4, -0.2) is 17.0 Å². The van der Waals surface area contributed by atoms with Crippen LogP contribution in [0.4, 0.5) is 5.69 Å². The number of hydrogen-bond donors (Lipinski definition) is 2. The van der Waals surface area contributed by atoms with Crippen LogP contribution in [-0.2, 0) is 6.42 Å². The molecule has 1 amide bonds. The second-order valence-electron chi connectivity index (χ2n) is 4.39. The number of carboxylic acid groups (broad SMARTS) is 1. The fourth-order valence-electron chi connectivity index (χ4n) is 2.05. The van der Waals surface area contributed by atoms with Gasteiger partial charge in [-0.25, -0.2) is 4.79 Å². The van der Waals surface area contributed by atoms with E-state index >= 15 is 0 Å². The lowest BCUT2D eigenvalue weighted by molar-refractivity contribution is 0.0697. The monoisotopic (exact) mass is 289 g/mol. The number of carboxylic acids is 1. The largest absolute Gasteiger partial charge is 0.478 e. The second kappa shape index (κ2) is 5.88. The van der Waals surface area contributed by atoms with E-state index in [0.717, 1.165) is 12.0 Å². The van der Waals surface area contributed by atoms with E-state index in [0.29, 0.717) is 16.1 Å². The molecule has 0 atom stereocenters. The molecule has 2 N–H and O–H groups in total. The van der Waals surface area contributed by atoms with E-state index in [2.05, 4.69) is 5.32 Å². The van der Waals surface area contributed by atoms with Gasteiger partial charge < -0.3 is 10.4 Å². The zero-order valence-electron chi connectivity index (χ0n) is 11.3. The van der Waals surface area contributed by atoms with E-state index in [4.69, 9.17) is 0 Å². The molecule has 1 aromatic carbocycles. The van der Waals surface area contributed by atoms with Gasteiger partial charge in [-0.05, 0) is 42.0 Å². The standard InChI is InChI=1S/C15H15NO3S/c1-3-10-7-8-20-13(10)14(17)16-11-6-4-5-9(2)12(11)15(18)19/h4-8H,3H2,1-2H3,(H,16,17)(H,18,19). The minimum absolute atomic E-state index is 0.135. The Labute approximate surface area is 121 Å². The van der Waals surface area contributed by atoms with Crippen molar-refractivity contribution in [3.05, 3.63) is 51.2 Å². The Balaban J connectivity index is 2.33. The zero-order valence-corrected chi connectivity index (χ0v) is 12.1. The van der Waals surface area contributed by atoms with E-state index in [1.165, 1.54) is 11.3 Å². The first kappa shape index (κ1) is 14.3. The second-order valence-corrected chi connectivity index (χ2v) is 5.30. The maximum absolute atomic E-state index is 12.2. The van der Waals surface area contributed by atoms with Gasteiger partial charge in [-0.3, -0.25) is 4.79 Å². The van der Waals surface area contributed by atoms with Crippen molar-refractivity contribution in [2.75, 3.05) is 5.32 Å². The summed E-state index contributed by atoms with van der Waals surface area (Å²) >= 11 is 1.36. The van der Waals surface area contributed by atoms with Crippen molar-refractivity contribution >= 4 is 28.9 Å².